The van der Waals surface area contributed by atoms with E-state index in [0.29, 0.717) is 5.65 Å². The van der Waals surface area contributed by atoms with Gasteiger partial charge in [-0.3, -0.25) is 4.79 Å². The summed E-state index contributed by atoms with van der Waals surface area (Å²) in [5.74, 6) is -0.0568. The highest BCUT2D eigenvalue weighted by molar-refractivity contribution is 8.00. The Kier molecular flexibility index (Phi) is 4.29. The summed E-state index contributed by atoms with van der Waals surface area (Å²) in [6, 6.07) is 5.95. The standard InChI is InChI=1S/C16H17N5OS/c1-9-5-4-6-10(2)12(9)21-15(22)11(3)23-16-13-14(18-7-17-13)19-8-20-16/h4-8,11H,1-3H3,(H,21,22)(H,17,18,19,20). The number of nitrogens with one attached hydrogen (secondary N) is 2. The van der Waals surface area contributed by atoms with E-state index in [1.807, 2.05) is 39.0 Å². The number of para-hydroxylation sites is 1. The van der Waals surface area contributed by atoms with Crippen molar-refractivity contribution >= 4 is 34.5 Å². The van der Waals surface area contributed by atoms with Gasteiger partial charge in [-0.05, 0) is 31.9 Å². The van der Waals surface area contributed by atoms with Gasteiger partial charge in [0.15, 0.2) is 5.65 Å². The molecule has 0 aliphatic heterocycles. The molecular weight excluding hydrogens is 310 g/mol. The number of carbonyl (C=O) groups excluding carboxylic acids is 1. The van der Waals surface area contributed by atoms with E-state index in [4.69, 9.17) is 0 Å². The minimum absolute atomic E-state index is 0.0568. The number of aryl methyl sites for hydroxylation is 2. The Morgan fingerprint density at radius 2 is 1.96 bits per heavy atom. The number of carbonyl (C=O) groups is 1. The highest BCUT2D eigenvalue weighted by Gasteiger charge is 2.19. The lowest BCUT2D eigenvalue weighted by Crippen LogP contribution is -2.23. The van der Waals surface area contributed by atoms with Crippen LogP contribution >= 0.6 is 11.8 Å². The molecule has 3 aromatic rings. The van der Waals surface area contributed by atoms with Gasteiger partial charge in [-0.2, -0.15) is 0 Å². The van der Waals surface area contributed by atoms with Crippen LogP contribution in [0.5, 0.6) is 0 Å². The maximum absolute atomic E-state index is 12.5. The normalized spacial score (nSPS) is 12.3. The second-order valence-corrected chi connectivity index (χ2v) is 6.63. The first-order valence-electron chi connectivity index (χ1n) is 7.24. The third kappa shape index (κ3) is 3.19. The summed E-state index contributed by atoms with van der Waals surface area (Å²) in [5.41, 5.74) is 4.33. The molecule has 0 saturated heterocycles. The van der Waals surface area contributed by atoms with Crippen LogP contribution in [0.15, 0.2) is 35.9 Å². The van der Waals surface area contributed by atoms with E-state index >= 15 is 0 Å². The molecule has 2 heterocycles. The van der Waals surface area contributed by atoms with E-state index in [1.54, 1.807) is 6.33 Å². The third-order valence-corrected chi connectivity index (χ3v) is 4.68. The number of aromatic nitrogens is 4. The molecule has 6 nitrogen and oxygen atoms in total. The van der Waals surface area contributed by atoms with E-state index in [-0.39, 0.29) is 11.2 Å². The average Bonchev–Trinajstić information content (AvgIpc) is 3.00. The smallest absolute Gasteiger partial charge is 0.237 e. The Balaban J connectivity index is 1.77. The van der Waals surface area contributed by atoms with Crippen molar-refractivity contribution in [1.82, 2.24) is 19.9 Å². The van der Waals surface area contributed by atoms with Crippen LogP contribution in [-0.2, 0) is 4.79 Å². The van der Waals surface area contributed by atoms with Gasteiger partial charge < -0.3 is 10.3 Å². The van der Waals surface area contributed by atoms with E-state index < -0.39 is 0 Å². The number of anilines is 1. The van der Waals surface area contributed by atoms with Gasteiger partial charge in [0.25, 0.3) is 0 Å². The number of fused-ring (bicyclic) bond motifs is 1. The molecule has 1 aromatic carbocycles. The first-order chi connectivity index (χ1) is 11.1. The quantitative estimate of drug-likeness (QED) is 0.568. The molecule has 2 aromatic heterocycles. The first-order valence-corrected chi connectivity index (χ1v) is 8.12. The average molecular weight is 327 g/mol. The Bertz CT molecular complexity index is 840. The summed E-state index contributed by atoms with van der Waals surface area (Å²) >= 11 is 1.38. The number of rotatable bonds is 4. The lowest BCUT2D eigenvalue weighted by Gasteiger charge is -2.15. The summed E-state index contributed by atoms with van der Waals surface area (Å²) < 4.78 is 0. The van der Waals surface area contributed by atoms with E-state index in [1.165, 1.54) is 18.1 Å². The van der Waals surface area contributed by atoms with Gasteiger partial charge in [0.1, 0.15) is 16.9 Å². The number of hydrogen-bond acceptors (Lipinski definition) is 5. The molecule has 1 atom stereocenters. The number of thioether (sulfide) groups is 1. The number of H-pyrrole nitrogens is 1. The molecule has 7 heteroatoms. The van der Waals surface area contributed by atoms with Gasteiger partial charge in [-0.25, -0.2) is 15.0 Å². The van der Waals surface area contributed by atoms with Crippen LogP contribution in [0.1, 0.15) is 18.1 Å². The fourth-order valence-corrected chi connectivity index (χ4v) is 3.17. The van der Waals surface area contributed by atoms with Gasteiger partial charge in [0, 0.05) is 5.69 Å². The molecule has 0 radical (unpaired) electrons. The van der Waals surface area contributed by atoms with Gasteiger partial charge in [-0.1, -0.05) is 30.0 Å². The molecule has 0 saturated carbocycles. The Labute approximate surface area is 138 Å². The Morgan fingerprint density at radius 3 is 2.70 bits per heavy atom. The molecule has 3 rings (SSSR count). The van der Waals surface area contributed by atoms with Gasteiger partial charge in [0.2, 0.25) is 5.91 Å². The fraction of sp³-hybridized carbons (Fsp3) is 0.250. The highest BCUT2D eigenvalue weighted by atomic mass is 32.2. The van der Waals surface area contributed by atoms with E-state index in [0.717, 1.165) is 27.4 Å². The Hall–Kier alpha value is -2.41. The molecule has 118 valence electrons. The molecule has 1 unspecified atom stereocenters. The zero-order valence-corrected chi connectivity index (χ0v) is 13.9. The predicted molar refractivity (Wildman–Crippen MR) is 91.5 cm³/mol. The summed E-state index contributed by atoms with van der Waals surface area (Å²) in [6.07, 6.45) is 3.03. The van der Waals surface area contributed by atoms with Crippen molar-refractivity contribution in [2.75, 3.05) is 5.32 Å². The van der Waals surface area contributed by atoms with Crippen LogP contribution in [0.2, 0.25) is 0 Å². The second-order valence-electron chi connectivity index (χ2n) is 5.30. The van der Waals surface area contributed by atoms with E-state index in [9.17, 15) is 4.79 Å². The van der Waals surface area contributed by atoms with Crippen LogP contribution in [0.4, 0.5) is 5.69 Å². The zero-order valence-electron chi connectivity index (χ0n) is 13.1. The summed E-state index contributed by atoms with van der Waals surface area (Å²) in [6.45, 7) is 5.83. The molecule has 0 aliphatic rings. The van der Waals surface area contributed by atoms with Crippen LogP contribution in [0, 0.1) is 13.8 Å². The maximum atomic E-state index is 12.5. The summed E-state index contributed by atoms with van der Waals surface area (Å²) in [5, 5.41) is 3.43. The Morgan fingerprint density at radius 1 is 1.22 bits per heavy atom. The van der Waals surface area contributed by atoms with Crippen LogP contribution in [0.25, 0.3) is 11.2 Å². The van der Waals surface area contributed by atoms with Crippen molar-refractivity contribution in [3.05, 3.63) is 42.0 Å². The van der Waals surface area contributed by atoms with Gasteiger partial charge >= 0.3 is 0 Å². The summed E-state index contributed by atoms with van der Waals surface area (Å²) in [7, 11) is 0. The van der Waals surface area contributed by atoms with Gasteiger partial charge in [0.05, 0.1) is 11.6 Å². The molecule has 0 spiro atoms. The molecule has 1 amide bonds. The zero-order chi connectivity index (χ0) is 16.4. The number of amides is 1. The number of benzene rings is 1. The minimum atomic E-state index is -0.296. The number of nitrogens with zero attached hydrogens (tertiary/aromatic N) is 3. The lowest BCUT2D eigenvalue weighted by atomic mass is 10.1. The van der Waals surface area contributed by atoms with Crippen molar-refractivity contribution in [2.45, 2.75) is 31.0 Å². The van der Waals surface area contributed by atoms with Crippen LogP contribution in [-0.4, -0.2) is 31.1 Å². The second kappa shape index (κ2) is 6.37. The number of hydrogen-bond donors (Lipinski definition) is 2. The number of aromatic amines is 1. The highest BCUT2D eigenvalue weighted by Crippen LogP contribution is 2.27. The van der Waals surface area contributed by atoms with Crippen LogP contribution < -0.4 is 5.32 Å². The molecule has 0 fully saturated rings. The van der Waals surface area contributed by atoms with Crippen molar-refractivity contribution in [2.24, 2.45) is 0 Å². The molecule has 0 aliphatic carbocycles. The molecule has 2 N–H and O–H groups in total. The van der Waals surface area contributed by atoms with Crippen molar-refractivity contribution < 1.29 is 4.79 Å². The fourth-order valence-electron chi connectivity index (χ4n) is 2.29. The summed E-state index contributed by atoms with van der Waals surface area (Å²) in [4.78, 5) is 27.9. The van der Waals surface area contributed by atoms with Crippen molar-refractivity contribution in [3.63, 3.8) is 0 Å². The predicted octanol–water partition coefficient (Wildman–Crippen LogP) is 3.09. The van der Waals surface area contributed by atoms with Gasteiger partial charge in [-0.15, -0.1) is 0 Å². The number of imidazole rings is 1. The van der Waals surface area contributed by atoms with Crippen molar-refractivity contribution in [1.29, 1.82) is 0 Å². The molecule has 0 bridgehead atoms. The maximum Gasteiger partial charge on any atom is 0.237 e. The molecule has 23 heavy (non-hydrogen) atoms. The minimum Gasteiger partial charge on any atom is -0.341 e. The molecular formula is C16H17N5OS. The monoisotopic (exact) mass is 327 g/mol. The largest absolute Gasteiger partial charge is 0.341 e. The van der Waals surface area contributed by atoms with Crippen molar-refractivity contribution in [3.8, 4) is 0 Å². The topological polar surface area (TPSA) is 83.6 Å². The van der Waals surface area contributed by atoms with E-state index in [2.05, 4.69) is 25.3 Å². The lowest BCUT2D eigenvalue weighted by molar-refractivity contribution is -0.115. The SMILES string of the molecule is Cc1cccc(C)c1NC(=O)C(C)Sc1ncnc2nc[nH]c12. The first kappa shape index (κ1) is 15.5. The van der Waals surface area contributed by atoms with Crippen LogP contribution in [0.3, 0.4) is 0 Å². The third-order valence-electron chi connectivity index (χ3n) is 3.58.